The minimum atomic E-state index is -0.583. The zero-order chi connectivity index (χ0) is 34.6. The summed E-state index contributed by atoms with van der Waals surface area (Å²) >= 11 is 1.36. The second-order valence-electron chi connectivity index (χ2n) is 10.8. The third-order valence-electron chi connectivity index (χ3n) is 7.15. The second kappa shape index (κ2) is 16.6. The van der Waals surface area contributed by atoms with Crippen LogP contribution in [0.2, 0.25) is 0 Å². The monoisotopic (exact) mass is 670 g/mol. The van der Waals surface area contributed by atoms with Gasteiger partial charge in [0.25, 0.3) is 11.8 Å². The number of thioether (sulfide) groups is 1. The number of carbonyl (C=O) groups excluding carboxylic acids is 4. The molecule has 49 heavy (non-hydrogen) atoms. The Morgan fingerprint density at radius 1 is 0.653 bits per heavy atom. The van der Waals surface area contributed by atoms with Crippen molar-refractivity contribution >= 4 is 58.5 Å². The summed E-state index contributed by atoms with van der Waals surface area (Å²) in [7, 11) is 1.53. The van der Waals surface area contributed by atoms with Gasteiger partial charge in [0.1, 0.15) is 16.7 Å². The lowest BCUT2D eigenvalue weighted by Gasteiger charge is -2.18. The van der Waals surface area contributed by atoms with Gasteiger partial charge in [-0.1, -0.05) is 66.7 Å². The van der Waals surface area contributed by atoms with E-state index in [2.05, 4.69) is 21.3 Å². The Labute approximate surface area is 288 Å². The van der Waals surface area contributed by atoms with Crippen LogP contribution in [0, 0.1) is 0 Å². The fourth-order valence-corrected chi connectivity index (χ4v) is 5.81. The van der Waals surface area contributed by atoms with Crippen molar-refractivity contribution in [3.63, 3.8) is 0 Å². The van der Waals surface area contributed by atoms with Crippen molar-refractivity contribution in [2.75, 3.05) is 23.1 Å². The number of ether oxygens (including phenoxy) is 1. The minimum Gasteiger partial charge on any atom is -0.496 e. The third kappa shape index (κ3) is 9.69. The molecule has 0 aliphatic rings. The number of benzene rings is 5. The van der Waals surface area contributed by atoms with Crippen LogP contribution in [0.5, 0.6) is 5.75 Å². The Morgan fingerprint density at radius 2 is 1.20 bits per heavy atom. The molecule has 0 aliphatic carbocycles. The summed E-state index contributed by atoms with van der Waals surface area (Å²) in [5, 5.41) is 10.7. The Bertz CT molecular complexity index is 1950. The zero-order valence-corrected chi connectivity index (χ0v) is 27.6. The molecule has 0 saturated heterocycles. The summed E-state index contributed by atoms with van der Waals surface area (Å²) in [6.45, 7) is 1.43. The maximum absolute atomic E-state index is 13.6. The topological polar surface area (TPSA) is 126 Å². The predicted molar refractivity (Wildman–Crippen MR) is 194 cm³/mol. The van der Waals surface area contributed by atoms with Crippen molar-refractivity contribution < 1.29 is 23.9 Å². The highest BCUT2D eigenvalue weighted by Gasteiger charge is 2.23. The first-order valence-electron chi connectivity index (χ1n) is 15.3. The van der Waals surface area contributed by atoms with Gasteiger partial charge in [-0.2, -0.15) is 0 Å². The highest BCUT2D eigenvalue weighted by atomic mass is 32.2. The maximum atomic E-state index is 13.6. The molecule has 4 amide bonds. The summed E-state index contributed by atoms with van der Waals surface area (Å²) in [4.78, 5) is 52.3. The van der Waals surface area contributed by atoms with Crippen LogP contribution in [0.3, 0.4) is 0 Å². The van der Waals surface area contributed by atoms with Crippen molar-refractivity contribution in [3.05, 3.63) is 156 Å². The lowest BCUT2D eigenvalue weighted by atomic mass is 10.1. The molecule has 246 valence electrons. The first-order valence-corrected chi connectivity index (χ1v) is 16.2. The molecule has 9 nitrogen and oxygen atoms in total. The average Bonchev–Trinajstić information content (AvgIpc) is 3.12. The average molecular weight is 671 g/mol. The van der Waals surface area contributed by atoms with Gasteiger partial charge in [-0.3, -0.25) is 19.2 Å². The van der Waals surface area contributed by atoms with Crippen molar-refractivity contribution in [3.8, 4) is 5.75 Å². The molecule has 0 radical (unpaired) electrons. The van der Waals surface area contributed by atoms with E-state index in [0.717, 1.165) is 10.5 Å². The Balaban J connectivity index is 1.32. The van der Waals surface area contributed by atoms with Crippen LogP contribution in [0.25, 0.3) is 6.08 Å². The van der Waals surface area contributed by atoms with Crippen molar-refractivity contribution in [2.24, 2.45) is 0 Å². The van der Waals surface area contributed by atoms with E-state index in [0.29, 0.717) is 33.9 Å². The molecule has 0 heterocycles. The first kappa shape index (κ1) is 34.2. The van der Waals surface area contributed by atoms with Gasteiger partial charge >= 0.3 is 0 Å². The highest BCUT2D eigenvalue weighted by Crippen LogP contribution is 2.37. The van der Waals surface area contributed by atoms with E-state index in [-0.39, 0.29) is 17.5 Å². The summed E-state index contributed by atoms with van der Waals surface area (Å²) in [5.74, 6) is -0.815. The summed E-state index contributed by atoms with van der Waals surface area (Å²) in [6, 6.07) is 39.2. The number of methoxy groups -OCH3 is 1. The van der Waals surface area contributed by atoms with Crippen molar-refractivity contribution in [1.82, 2.24) is 5.32 Å². The number of nitrogens with one attached hydrogen (secondary N) is 4. The molecule has 0 aromatic heterocycles. The van der Waals surface area contributed by atoms with Gasteiger partial charge in [-0.25, -0.2) is 0 Å². The molecule has 10 heteroatoms. The quantitative estimate of drug-likeness (QED) is 0.0803. The van der Waals surface area contributed by atoms with Crippen LogP contribution in [0.1, 0.15) is 33.7 Å². The summed E-state index contributed by atoms with van der Waals surface area (Å²) in [6.07, 6.45) is 1.57. The largest absolute Gasteiger partial charge is 0.496 e. The molecule has 0 fully saturated rings. The summed E-state index contributed by atoms with van der Waals surface area (Å²) in [5.41, 5.74) is 3.59. The molecule has 5 aromatic carbocycles. The first-order chi connectivity index (χ1) is 23.8. The van der Waals surface area contributed by atoms with Gasteiger partial charge < -0.3 is 26.0 Å². The number of para-hydroxylation sites is 1. The number of anilines is 3. The molecule has 0 aliphatic heterocycles. The number of rotatable bonds is 12. The van der Waals surface area contributed by atoms with Gasteiger partial charge in [0.2, 0.25) is 11.8 Å². The van der Waals surface area contributed by atoms with Crippen LogP contribution < -0.4 is 26.0 Å². The maximum Gasteiger partial charge on any atom is 0.272 e. The second-order valence-corrected chi connectivity index (χ2v) is 11.9. The molecular formula is C39H34N4O5S. The number of amides is 4. The Hall–Kier alpha value is -6.13. The smallest absolute Gasteiger partial charge is 0.272 e. The van der Waals surface area contributed by atoms with Gasteiger partial charge in [-0.05, 0) is 78.4 Å². The van der Waals surface area contributed by atoms with E-state index >= 15 is 0 Å². The van der Waals surface area contributed by atoms with Crippen LogP contribution >= 0.6 is 11.8 Å². The molecule has 4 N–H and O–H groups in total. The van der Waals surface area contributed by atoms with E-state index < -0.39 is 17.1 Å². The standard InChI is InChI=1S/C39H34N4O5S/c1-26(44)40-30-17-19-31(20-18-30)42-39(47)36(27-11-5-3-6-12-27)49-33-23-21-32(22-24-33)41-38(46)34(25-29-15-9-10-16-35(29)48-2)43-37(45)28-13-7-4-8-14-28/h3-25,36H,1-2H3,(H,40,44)(H,41,46)(H,42,47)(H,43,45)/b34-25-. The fourth-order valence-electron chi connectivity index (χ4n) is 4.78. The van der Waals surface area contributed by atoms with E-state index in [1.807, 2.05) is 54.6 Å². The minimum absolute atomic E-state index is 0.0303. The molecule has 5 rings (SSSR count). The van der Waals surface area contributed by atoms with E-state index in [1.165, 1.54) is 25.8 Å². The van der Waals surface area contributed by atoms with E-state index in [1.54, 1.807) is 84.9 Å². The highest BCUT2D eigenvalue weighted by molar-refractivity contribution is 8.00. The SMILES string of the molecule is COc1ccccc1/C=C(\NC(=O)c1ccccc1)C(=O)Nc1ccc(SC(C(=O)Nc2ccc(NC(C)=O)cc2)c2ccccc2)cc1. The van der Waals surface area contributed by atoms with Crippen LogP contribution in [0.4, 0.5) is 17.1 Å². The zero-order valence-electron chi connectivity index (χ0n) is 26.8. The molecule has 5 aromatic rings. The van der Waals surface area contributed by atoms with Crippen LogP contribution in [0.15, 0.2) is 144 Å². The molecule has 1 atom stereocenters. The summed E-state index contributed by atoms with van der Waals surface area (Å²) < 4.78 is 5.44. The number of carbonyl (C=O) groups is 4. The Kier molecular flexibility index (Phi) is 11.6. The predicted octanol–water partition coefficient (Wildman–Crippen LogP) is 7.54. The van der Waals surface area contributed by atoms with Gasteiger partial charge in [-0.15, -0.1) is 11.8 Å². The normalized spacial score (nSPS) is 11.5. The third-order valence-corrected chi connectivity index (χ3v) is 8.41. The van der Waals surface area contributed by atoms with Crippen molar-refractivity contribution in [1.29, 1.82) is 0 Å². The number of hydrogen-bond donors (Lipinski definition) is 4. The van der Waals surface area contributed by atoms with E-state index in [9.17, 15) is 19.2 Å². The van der Waals surface area contributed by atoms with Crippen LogP contribution in [-0.4, -0.2) is 30.7 Å². The fraction of sp³-hybridized carbons (Fsp3) is 0.0769. The molecule has 1 unspecified atom stereocenters. The molecule has 0 bridgehead atoms. The lowest BCUT2D eigenvalue weighted by molar-refractivity contribution is -0.116. The van der Waals surface area contributed by atoms with Crippen LogP contribution in [-0.2, 0) is 14.4 Å². The van der Waals surface area contributed by atoms with Crippen molar-refractivity contribution in [2.45, 2.75) is 17.1 Å². The molecular weight excluding hydrogens is 637 g/mol. The van der Waals surface area contributed by atoms with Gasteiger partial charge in [0, 0.05) is 40.0 Å². The van der Waals surface area contributed by atoms with Gasteiger partial charge in [0.15, 0.2) is 0 Å². The molecule has 0 saturated carbocycles. The van der Waals surface area contributed by atoms with Gasteiger partial charge in [0.05, 0.1) is 7.11 Å². The lowest BCUT2D eigenvalue weighted by Crippen LogP contribution is -2.30. The Morgan fingerprint density at radius 3 is 1.84 bits per heavy atom. The van der Waals surface area contributed by atoms with E-state index in [4.69, 9.17) is 4.74 Å². The number of hydrogen-bond acceptors (Lipinski definition) is 6. The molecule has 0 spiro atoms.